The molecule has 2 N–H and O–H groups in total. The minimum absolute atomic E-state index is 0.0231. The molecule has 2 aromatic carbocycles. The van der Waals surface area contributed by atoms with Gasteiger partial charge in [-0.05, 0) is 59.6 Å². The molecule has 2 rings (SSSR count). The Bertz CT molecular complexity index is 698. The van der Waals surface area contributed by atoms with Crippen molar-refractivity contribution in [2.45, 2.75) is 19.3 Å². The quantitative estimate of drug-likeness (QED) is 0.470. The largest absolute Gasteiger partial charge is 0.399 e. The second-order valence-corrected chi connectivity index (χ2v) is 6.53. The lowest BCUT2D eigenvalue weighted by molar-refractivity contribution is 0.0904. The van der Waals surface area contributed by atoms with E-state index in [-0.39, 0.29) is 16.4 Å². The predicted octanol–water partition coefficient (Wildman–Crippen LogP) is 4.98. The summed E-state index contributed by atoms with van der Waals surface area (Å²) in [6.07, 6.45) is 0. The Kier molecular flexibility index (Phi) is 4.40. The van der Waals surface area contributed by atoms with E-state index in [2.05, 4.69) is 15.9 Å². The van der Waals surface area contributed by atoms with Gasteiger partial charge in [0.15, 0.2) is 11.6 Å². The average molecular weight is 371 g/mol. The van der Waals surface area contributed by atoms with Gasteiger partial charge < -0.3 is 5.73 Å². The van der Waals surface area contributed by atoms with Crippen LogP contribution in [0, 0.1) is 5.82 Å². The molecule has 0 saturated carbocycles. The number of nitrogen functional groups attached to an aromatic ring is 1. The highest BCUT2D eigenvalue weighted by Crippen LogP contribution is 2.33. The highest BCUT2D eigenvalue weighted by Gasteiger charge is 2.33. The highest BCUT2D eigenvalue weighted by atomic mass is 79.9. The number of anilines is 1. The first-order chi connectivity index (χ1) is 9.75. The first-order valence-electron chi connectivity index (χ1n) is 6.29. The lowest BCUT2D eigenvalue weighted by atomic mass is 9.78. The Hall–Kier alpha value is -1.39. The van der Waals surface area contributed by atoms with Crippen molar-refractivity contribution in [2.24, 2.45) is 0 Å². The summed E-state index contributed by atoms with van der Waals surface area (Å²) in [5.74, 6) is -1.04. The summed E-state index contributed by atoms with van der Waals surface area (Å²) in [6, 6.07) is 9.98. The molecule has 0 spiro atoms. The van der Waals surface area contributed by atoms with Gasteiger partial charge in [0.25, 0.3) is 0 Å². The number of rotatable bonds is 3. The highest BCUT2D eigenvalue weighted by molar-refractivity contribution is 9.10. The van der Waals surface area contributed by atoms with E-state index in [0.29, 0.717) is 10.2 Å². The van der Waals surface area contributed by atoms with Crippen molar-refractivity contribution >= 4 is 39.0 Å². The van der Waals surface area contributed by atoms with Gasteiger partial charge in [-0.3, -0.25) is 4.79 Å². The van der Waals surface area contributed by atoms with Gasteiger partial charge in [0, 0.05) is 10.2 Å². The molecule has 0 saturated heterocycles. The fraction of sp³-hybridized carbons (Fsp3) is 0.188. The number of hydrogen-bond acceptors (Lipinski definition) is 2. The Morgan fingerprint density at radius 1 is 1.19 bits per heavy atom. The van der Waals surface area contributed by atoms with E-state index in [1.165, 1.54) is 6.07 Å². The molecule has 110 valence electrons. The van der Waals surface area contributed by atoms with E-state index in [1.54, 1.807) is 44.2 Å². The molecule has 0 amide bonds. The topological polar surface area (TPSA) is 43.1 Å². The van der Waals surface area contributed by atoms with Gasteiger partial charge in [0.05, 0.1) is 16.0 Å². The van der Waals surface area contributed by atoms with Crippen LogP contribution in [0.2, 0.25) is 5.02 Å². The molecule has 21 heavy (non-hydrogen) atoms. The monoisotopic (exact) mass is 369 g/mol. The third-order valence-electron chi connectivity index (χ3n) is 3.48. The molecule has 0 aliphatic rings. The minimum Gasteiger partial charge on any atom is -0.399 e. The Morgan fingerprint density at radius 3 is 2.33 bits per heavy atom. The van der Waals surface area contributed by atoms with Crippen molar-refractivity contribution in [3.63, 3.8) is 0 Å². The predicted molar refractivity (Wildman–Crippen MR) is 87.3 cm³/mol. The zero-order chi connectivity index (χ0) is 15.8. The Morgan fingerprint density at radius 2 is 1.76 bits per heavy atom. The molecule has 0 atom stereocenters. The number of hydrogen-bond donors (Lipinski definition) is 1. The molecule has 0 unspecified atom stereocenters. The number of benzene rings is 2. The summed E-state index contributed by atoms with van der Waals surface area (Å²) in [5, 5.41) is -0.0889. The van der Waals surface area contributed by atoms with Gasteiger partial charge in [0.1, 0.15) is 0 Å². The summed E-state index contributed by atoms with van der Waals surface area (Å²) < 4.78 is 14.6. The first-order valence-corrected chi connectivity index (χ1v) is 7.46. The maximum atomic E-state index is 14.2. The molecule has 2 aromatic rings. The molecule has 0 aliphatic carbocycles. The van der Waals surface area contributed by atoms with Gasteiger partial charge in [-0.25, -0.2) is 4.39 Å². The normalized spacial score (nSPS) is 11.5. The van der Waals surface area contributed by atoms with Crippen LogP contribution in [-0.2, 0) is 5.41 Å². The third kappa shape index (κ3) is 2.97. The number of Topliss-reactive ketones (excluding diaryl/α,β-unsaturated/α-hetero) is 1. The van der Waals surface area contributed by atoms with Crippen molar-refractivity contribution in [3.05, 3.63) is 62.8 Å². The van der Waals surface area contributed by atoms with Crippen LogP contribution >= 0.6 is 27.5 Å². The third-order valence-corrected chi connectivity index (χ3v) is 4.74. The average Bonchev–Trinajstić information content (AvgIpc) is 2.45. The molecule has 0 heterocycles. The van der Waals surface area contributed by atoms with Crippen LogP contribution in [0.15, 0.2) is 40.9 Å². The van der Waals surface area contributed by atoms with Crippen LogP contribution in [-0.4, -0.2) is 5.78 Å². The smallest absolute Gasteiger partial charge is 0.175 e. The molecular weight excluding hydrogens is 357 g/mol. The van der Waals surface area contributed by atoms with Crippen LogP contribution in [0.4, 0.5) is 10.1 Å². The molecule has 0 aliphatic heterocycles. The van der Waals surface area contributed by atoms with Crippen LogP contribution in [0.25, 0.3) is 0 Å². The number of ketones is 1. The summed E-state index contributed by atoms with van der Waals surface area (Å²) in [7, 11) is 0. The van der Waals surface area contributed by atoms with Crippen LogP contribution in [0.3, 0.4) is 0 Å². The zero-order valence-corrected chi connectivity index (χ0v) is 13.9. The van der Waals surface area contributed by atoms with Crippen molar-refractivity contribution in [1.82, 2.24) is 0 Å². The van der Waals surface area contributed by atoms with Crippen molar-refractivity contribution in [2.75, 3.05) is 5.73 Å². The van der Waals surface area contributed by atoms with E-state index >= 15 is 0 Å². The van der Waals surface area contributed by atoms with E-state index in [0.717, 1.165) is 5.56 Å². The molecule has 0 fully saturated rings. The van der Waals surface area contributed by atoms with E-state index in [1.807, 2.05) is 0 Å². The standard InChI is InChI=1S/C16H14BrClFNO/c1-16(2,9-3-5-10(20)6-4-9)15(21)11-7-8-12(17)13(18)14(11)19/h3-8H,20H2,1-2H3. The van der Waals surface area contributed by atoms with Crippen LogP contribution < -0.4 is 5.73 Å². The van der Waals surface area contributed by atoms with Gasteiger partial charge in [-0.1, -0.05) is 23.7 Å². The molecule has 2 nitrogen and oxygen atoms in total. The molecule has 0 radical (unpaired) electrons. The van der Waals surface area contributed by atoms with E-state index in [9.17, 15) is 9.18 Å². The van der Waals surface area contributed by atoms with E-state index < -0.39 is 11.2 Å². The second kappa shape index (κ2) is 5.78. The zero-order valence-electron chi connectivity index (χ0n) is 11.6. The van der Waals surface area contributed by atoms with Gasteiger partial charge in [0.2, 0.25) is 0 Å². The van der Waals surface area contributed by atoms with Crippen LogP contribution in [0.1, 0.15) is 29.8 Å². The fourth-order valence-corrected chi connectivity index (χ4v) is 2.54. The van der Waals surface area contributed by atoms with Crippen molar-refractivity contribution in [1.29, 1.82) is 0 Å². The summed E-state index contributed by atoms with van der Waals surface area (Å²) in [4.78, 5) is 12.7. The lowest BCUT2D eigenvalue weighted by Gasteiger charge is -2.24. The molecule has 0 bridgehead atoms. The summed E-state index contributed by atoms with van der Waals surface area (Å²) in [6.45, 7) is 3.49. The van der Waals surface area contributed by atoms with E-state index in [4.69, 9.17) is 17.3 Å². The van der Waals surface area contributed by atoms with Gasteiger partial charge >= 0.3 is 0 Å². The van der Waals surface area contributed by atoms with Gasteiger partial charge in [-0.15, -0.1) is 0 Å². The molecule has 0 aromatic heterocycles. The SMILES string of the molecule is CC(C)(C(=O)c1ccc(Br)c(Cl)c1F)c1ccc(N)cc1. The maximum absolute atomic E-state index is 14.2. The fourth-order valence-electron chi connectivity index (χ4n) is 2.07. The van der Waals surface area contributed by atoms with Crippen molar-refractivity contribution in [3.8, 4) is 0 Å². The number of halogens is 3. The lowest BCUT2D eigenvalue weighted by Crippen LogP contribution is -2.30. The number of carbonyl (C=O) groups excluding carboxylic acids is 1. The minimum atomic E-state index is -0.883. The Labute approximate surface area is 136 Å². The Balaban J connectivity index is 2.48. The molecular formula is C16H14BrClFNO. The maximum Gasteiger partial charge on any atom is 0.175 e. The van der Waals surface area contributed by atoms with Crippen LogP contribution in [0.5, 0.6) is 0 Å². The second-order valence-electron chi connectivity index (χ2n) is 5.30. The molecule has 5 heteroatoms. The first kappa shape index (κ1) is 16.0. The number of carbonyl (C=O) groups is 1. The van der Waals surface area contributed by atoms with Gasteiger partial charge in [-0.2, -0.15) is 0 Å². The summed E-state index contributed by atoms with van der Waals surface area (Å²) >= 11 is 8.99. The number of nitrogens with two attached hydrogens (primary N) is 1. The summed E-state index contributed by atoms with van der Waals surface area (Å²) in [5.41, 5.74) is 6.12. The van der Waals surface area contributed by atoms with Crippen molar-refractivity contribution < 1.29 is 9.18 Å².